The summed E-state index contributed by atoms with van der Waals surface area (Å²) >= 11 is 5.93. The second-order valence-corrected chi connectivity index (χ2v) is 11.9. The molecular formula is C14H26ClNSi. The summed E-state index contributed by atoms with van der Waals surface area (Å²) in [6.45, 7) is 14.3. The SMILES string of the molecule is CC(C)[Si](C(C)C)(C(C)C)n1ccc(CCl)c1. The Bertz CT molecular complexity index is 333. The Hall–Kier alpha value is -0.213. The molecule has 1 aromatic rings. The molecule has 0 unspecified atom stereocenters. The van der Waals surface area contributed by atoms with Gasteiger partial charge in [-0.15, -0.1) is 11.6 Å². The first kappa shape index (κ1) is 14.8. The normalized spacial score (nSPS) is 13.1. The number of hydrogen-bond donors (Lipinski definition) is 0. The van der Waals surface area contributed by atoms with E-state index in [1.54, 1.807) is 0 Å². The molecule has 1 nitrogen and oxygen atoms in total. The van der Waals surface area contributed by atoms with Crippen LogP contribution in [0.15, 0.2) is 18.5 Å². The van der Waals surface area contributed by atoms with Crippen LogP contribution in [0.5, 0.6) is 0 Å². The van der Waals surface area contributed by atoms with E-state index in [-0.39, 0.29) is 0 Å². The number of alkyl halides is 1. The van der Waals surface area contributed by atoms with Gasteiger partial charge in [0.05, 0.1) is 0 Å². The van der Waals surface area contributed by atoms with Crippen molar-refractivity contribution in [2.24, 2.45) is 0 Å². The van der Waals surface area contributed by atoms with E-state index in [0.29, 0.717) is 5.88 Å². The quantitative estimate of drug-likeness (QED) is 0.509. The summed E-state index contributed by atoms with van der Waals surface area (Å²) < 4.78 is 2.53. The maximum absolute atomic E-state index is 5.93. The first-order valence-electron chi connectivity index (χ1n) is 6.60. The Labute approximate surface area is 112 Å². The van der Waals surface area contributed by atoms with Crippen molar-refractivity contribution in [3.8, 4) is 0 Å². The highest BCUT2D eigenvalue weighted by molar-refractivity contribution is 6.82. The zero-order chi connectivity index (χ0) is 13.2. The lowest BCUT2D eigenvalue weighted by atomic mass is 10.4. The summed E-state index contributed by atoms with van der Waals surface area (Å²) in [5.41, 5.74) is 3.44. The van der Waals surface area contributed by atoms with Gasteiger partial charge in [0.15, 0.2) is 8.24 Å². The molecule has 0 N–H and O–H groups in total. The molecule has 0 spiro atoms. The van der Waals surface area contributed by atoms with Gasteiger partial charge in [-0.2, -0.15) is 0 Å². The zero-order valence-corrected chi connectivity index (χ0v) is 13.8. The molecule has 0 fully saturated rings. The number of hydrogen-bond acceptors (Lipinski definition) is 0. The van der Waals surface area contributed by atoms with Gasteiger partial charge < -0.3 is 4.23 Å². The molecule has 0 radical (unpaired) electrons. The van der Waals surface area contributed by atoms with Gasteiger partial charge in [0, 0.05) is 5.88 Å². The predicted octanol–water partition coefficient (Wildman–Crippen LogP) is 5.25. The monoisotopic (exact) mass is 271 g/mol. The first-order chi connectivity index (χ1) is 7.87. The molecule has 98 valence electrons. The summed E-state index contributed by atoms with van der Waals surface area (Å²) in [6, 6.07) is 2.17. The third-order valence-electron chi connectivity index (χ3n) is 4.13. The molecule has 0 aromatic carbocycles. The molecule has 1 rings (SSSR count). The highest BCUT2D eigenvalue weighted by Gasteiger charge is 2.44. The maximum atomic E-state index is 5.93. The minimum atomic E-state index is -1.54. The van der Waals surface area contributed by atoms with Gasteiger partial charge in [0.25, 0.3) is 0 Å². The van der Waals surface area contributed by atoms with Crippen LogP contribution < -0.4 is 0 Å². The van der Waals surface area contributed by atoms with Crippen LogP contribution >= 0.6 is 11.6 Å². The van der Waals surface area contributed by atoms with Crippen molar-refractivity contribution in [3.63, 3.8) is 0 Å². The van der Waals surface area contributed by atoms with E-state index in [9.17, 15) is 0 Å². The van der Waals surface area contributed by atoms with E-state index in [2.05, 4.69) is 64.2 Å². The molecule has 0 saturated heterocycles. The molecule has 1 aromatic heterocycles. The first-order valence-corrected chi connectivity index (χ1v) is 9.32. The highest BCUT2D eigenvalue weighted by atomic mass is 35.5. The average molecular weight is 272 g/mol. The minimum absolute atomic E-state index is 0.617. The molecular weight excluding hydrogens is 246 g/mol. The fourth-order valence-electron chi connectivity index (χ4n) is 3.66. The van der Waals surface area contributed by atoms with Gasteiger partial charge in [-0.3, -0.25) is 0 Å². The van der Waals surface area contributed by atoms with Gasteiger partial charge in [-0.1, -0.05) is 41.5 Å². The summed E-state index contributed by atoms with van der Waals surface area (Å²) in [4.78, 5) is 0. The van der Waals surface area contributed by atoms with E-state index < -0.39 is 8.24 Å². The van der Waals surface area contributed by atoms with E-state index in [4.69, 9.17) is 11.6 Å². The molecule has 0 aliphatic carbocycles. The van der Waals surface area contributed by atoms with Crippen molar-refractivity contribution in [2.75, 3.05) is 0 Å². The zero-order valence-electron chi connectivity index (χ0n) is 12.0. The number of nitrogens with zero attached hydrogens (tertiary/aromatic N) is 1. The maximum Gasteiger partial charge on any atom is 0.168 e. The second-order valence-electron chi connectivity index (χ2n) is 5.91. The lowest BCUT2D eigenvalue weighted by molar-refractivity contribution is 0.765. The van der Waals surface area contributed by atoms with Gasteiger partial charge >= 0.3 is 0 Å². The van der Waals surface area contributed by atoms with Crippen molar-refractivity contribution in [2.45, 2.75) is 64.0 Å². The second kappa shape index (κ2) is 5.62. The average Bonchev–Trinajstić information content (AvgIpc) is 2.65. The molecule has 17 heavy (non-hydrogen) atoms. The highest BCUT2D eigenvalue weighted by Crippen LogP contribution is 2.42. The Balaban J connectivity index is 3.30. The molecule has 1 heterocycles. The van der Waals surface area contributed by atoms with Gasteiger partial charge in [-0.05, 0) is 40.6 Å². The van der Waals surface area contributed by atoms with Crippen LogP contribution in [0, 0.1) is 0 Å². The summed E-state index contributed by atoms with van der Waals surface area (Å²) in [5.74, 6) is 0.617. The number of rotatable bonds is 5. The molecule has 0 aliphatic rings. The summed E-state index contributed by atoms with van der Waals surface area (Å²) in [6.07, 6.45) is 4.53. The standard InChI is InChI=1S/C14H26ClNSi/c1-11(2)17(12(3)4,13(5)6)16-8-7-14(9-15)10-16/h7-8,10-13H,9H2,1-6H3. The number of aromatic nitrogens is 1. The van der Waals surface area contributed by atoms with Gasteiger partial charge in [0.2, 0.25) is 0 Å². The number of halogens is 1. The van der Waals surface area contributed by atoms with Crippen LogP contribution in [0.25, 0.3) is 0 Å². The molecule has 0 saturated carbocycles. The van der Waals surface area contributed by atoms with Crippen molar-refractivity contribution >= 4 is 19.8 Å². The van der Waals surface area contributed by atoms with Crippen LogP contribution in [0.2, 0.25) is 16.6 Å². The van der Waals surface area contributed by atoms with Crippen molar-refractivity contribution in [3.05, 3.63) is 24.0 Å². The van der Waals surface area contributed by atoms with E-state index >= 15 is 0 Å². The lowest BCUT2D eigenvalue weighted by Crippen LogP contribution is -2.51. The predicted molar refractivity (Wildman–Crippen MR) is 80.4 cm³/mol. The Kier molecular flexibility index (Phi) is 4.91. The summed E-state index contributed by atoms with van der Waals surface area (Å²) in [7, 11) is -1.54. The van der Waals surface area contributed by atoms with Crippen LogP contribution in [-0.2, 0) is 5.88 Å². The largest absolute Gasteiger partial charge is 0.379 e. The Morgan fingerprint density at radius 3 is 1.82 bits per heavy atom. The third-order valence-corrected chi connectivity index (χ3v) is 11.2. The Morgan fingerprint density at radius 1 is 1.06 bits per heavy atom. The molecule has 0 aliphatic heterocycles. The molecule has 0 bridgehead atoms. The summed E-state index contributed by atoms with van der Waals surface area (Å²) in [5, 5.41) is 0. The molecule has 0 amide bonds. The van der Waals surface area contributed by atoms with Crippen LogP contribution in [0.3, 0.4) is 0 Å². The van der Waals surface area contributed by atoms with Gasteiger partial charge in [0.1, 0.15) is 0 Å². The van der Waals surface area contributed by atoms with E-state index in [1.807, 2.05) is 0 Å². The topological polar surface area (TPSA) is 4.93 Å². The van der Waals surface area contributed by atoms with Crippen molar-refractivity contribution < 1.29 is 0 Å². The smallest absolute Gasteiger partial charge is 0.168 e. The van der Waals surface area contributed by atoms with Crippen molar-refractivity contribution in [1.82, 2.24) is 4.23 Å². The van der Waals surface area contributed by atoms with Crippen LogP contribution in [-0.4, -0.2) is 12.5 Å². The lowest BCUT2D eigenvalue weighted by Gasteiger charge is -2.44. The van der Waals surface area contributed by atoms with Crippen LogP contribution in [0.1, 0.15) is 47.1 Å². The van der Waals surface area contributed by atoms with E-state index in [0.717, 1.165) is 16.6 Å². The van der Waals surface area contributed by atoms with Crippen LogP contribution in [0.4, 0.5) is 0 Å². The molecule has 3 heteroatoms. The third kappa shape index (κ3) is 2.48. The van der Waals surface area contributed by atoms with Crippen molar-refractivity contribution in [1.29, 1.82) is 0 Å². The van der Waals surface area contributed by atoms with Gasteiger partial charge in [-0.25, -0.2) is 0 Å². The minimum Gasteiger partial charge on any atom is -0.379 e. The van der Waals surface area contributed by atoms with E-state index in [1.165, 1.54) is 5.56 Å². The Morgan fingerprint density at radius 2 is 1.53 bits per heavy atom. The fourth-order valence-corrected chi connectivity index (χ4v) is 10.3. The molecule has 0 atom stereocenters. The fraction of sp³-hybridized carbons (Fsp3) is 0.714.